The number of carbonyl (C=O) groups excluding carboxylic acids is 1. The van der Waals surface area contributed by atoms with Crippen LogP contribution in [-0.4, -0.2) is 43.6 Å². The standard InChI is InChI=1S/C12H16O6/c1-16-8-5-4-7(6-9(8)17-2)10(13)11(14)12(15)18-3/h4-6,10-11,13-14H,1-3H3/t10-,11-/m1/s1. The van der Waals surface area contributed by atoms with Crippen LogP contribution >= 0.6 is 0 Å². The number of rotatable bonds is 5. The minimum absolute atomic E-state index is 0.325. The molecule has 6 heteroatoms. The number of carbonyl (C=O) groups is 1. The van der Waals surface area contributed by atoms with Crippen molar-refractivity contribution in [3.63, 3.8) is 0 Å². The molecular weight excluding hydrogens is 240 g/mol. The van der Waals surface area contributed by atoms with Crippen molar-refractivity contribution in [2.24, 2.45) is 0 Å². The summed E-state index contributed by atoms with van der Waals surface area (Å²) in [6.07, 6.45) is -3.04. The fourth-order valence-corrected chi connectivity index (χ4v) is 1.47. The molecule has 1 aromatic carbocycles. The van der Waals surface area contributed by atoms with Crippen LogP contribution in [0.4, 0.5) is 0 Å². The van der Waals surface area contributed by atoms with Gasteiger partial charge in [0.25, 0.3) is 0 Å². The molecule has 0 amide bonds. The van der Waals surface area contributed by atoms with E-state index in [1.54, 1.807) is 6.07 Å². The third-order valence-electron chi connectivity index (χ3n) is 2.49. The molecule has 0 saturated carbocycles. The first kappa shape index (κ1) is 14.3. The first-order valence-corrected chi connectivity index (χ1v) is 5.21. The van der Waals surface area contributed by atoms with Crippen LogP contribution < -0.4 is 9.47 Å². The Balaban J connectivity index is 2.99. The van der Waals surface area contributed by atoms with E-state index in [4.69, 9.17) is 9.47 Å². The lowest BCUT2D eigenvalue weighted by Crippen LogP contribution is -2.29. The maximum absolute atomic E-state index is 11.1. The Bertz CT molecular complexity index is 417. The van der Waals surface area contributed by atoms with E-state index in [1.807, 2.05) is 0 Å². The monoisotopic (exact) mass is 256 g/mol. The molecule has 0 unspecified atom stereocenters. The summed E-state index contributed by atoms with van der Waals surface area (Å²) in [5, 5.41) is 19.4. The molecule has 2 N–H and O–H groups in total. The van der Waals surface area contributed by atoms with Gasteiger partial charge in [0, 0.05) is 0 Å². The van der Waals surface area contributed by atoms with Crippen molar-refractivity contribution in [2.75, 3.05) is 21.3 Å². The first-order valence-electron chi connectivity index (χ1n) is 5.21. The van der Waals surface area contributed by atoms with Crippen molar-refractivity contribution >= 4 is 5.97 Å². The Kier molecular flexibility index (Phi) is 4.94. The average Bonchev–Trinajstić information content (AvgIpc) is 2.43. The number of benzene rings is 1. The minimum Gasteiger partial charge on any atom is -0.493 e. The Morgan fingerprint density at radius 3 is 2.22 bits per heavy atom. The zero-order valence-corrected chi connectivity index (χ0v) is 10.4. The van der Waals surface area contributed by atoms with E-state index in [-0.39, 0.29) is 0 Å². The van der Waals surface area contributed by atoms with E-state index in [0.29, 0.717) is 17.1 Å². The highest BCUT2D eigenvalue weighted by atomic mass is 16.5. The van der Waals surface area contributed by atoms with Crippen molar-refractivity contribution in [2.45, 2.75) is 12.2 Å². The van der Waals surface area contributed by atoms with Gasteiger partial charge in [0.15, 0.2) is 17.6 Å². The van der Waals surface area contributed by atoms with Gasteiger partial charge in [-0.2, -0.15) is 0 Å². The largest absolute Gasteiger partial charge is 0.493 e. The third kappa shape index (κ3) is 2.91. The van der Waals surface area contributed by atoms with Crippen LogP contribution in [0.25, 0.3) is 0 Å². The van der Waals surface area contributed by atoms with Gasteiger partial charge in [-0.25, -0.2) is 4.79 Å². The molecule has 18 heavy (non-hydrogen) atoms. The minimum atomic E-state index is -1.65. The van der Waals surface area contributed by atoms with Gasteiger partial charge < -0.3 is 24.4 Å². The van der Waals surface area contributed by atoms with Gasteiger partial charge in [-0.1, -0.05) is 6.07 Å². The van der Waals surface area contributed by atoms with Crippen molar-refractivity contribution in [1.82, 2.24) is 0 Å². The van der Waals surface area contributed by atoms with Gasteiger partial charge in [0.1, 0.15) is 6.10 Å². The summed E-state index contributed by atoms with van der Waals surface area (Å²) in [4.78, 5) is 11.1. The lowest BCUT2D eigenvalue weighted by atomic mass is 10.0. The number of aliphatic hydroxyl groups is 2. The third-order valence-corrected chi connectivity index (χ3v) is 2.49. The summed E-state index contributed by atoms with van der Waals surface area (Å²) >= 11 is 0. The molecule has 0 fully saturated rings. The van der Waals surface area contributed by atoms with Gasteiger partial charge in [-0.3, -0.25) is 0 Å². The Hall–Kier alpha value is -1.79. The van der Waals surface area contributed by atoms with E-state index < -0.39 is 18.2 Å². The van der Waals surface area contributed by atoms with Crippen LogP contribution in [0, 0.1) is 0 Å². The molecule has 6 nitrogen and oxygen atoms in total. The zero-order valence-electron chi connectivity index (χ0n) is 10.4. The van der Waals surface area contributed by atoms with Crippen molar-refractivity contribution in [3.8, 4) is 11.5 Å². The van der Waals surface area contributed by atoms with Crippen LogP contribution in [0.1, 0.15) is 11.7 Å². The topological polar surface area (TPSA) is 85.2 Å². The first-order chi connectivity index (χ1) is 8.54. The highest BCUT2D eigenvalue weighted by Gasteiger charge is 2.27. The molecule has 100 valence electrons. The van der Waals surface area contributed by atoms with Gasteiger partial charge in [-0.05, 0) is 17.7 Å². The van der Waals surface area contributed by atoms with E-state index in [0.717, 1.165) is 7.11 Å². The summed E-state index contributed by atoms with van der Waals surface area (Å²) in [6, 6.07) is 4.58. The Labute approximate surface area is 105 Å². The van der Waals surface area contributed by atoms with Gasteiger partial charge in [-0.15, -0.1) is 0 Å². The number of methoxy groups -OCH3 is 3. The molecule has 0 bridgehead atoms. The van der Waals surface area contributed by atoms with Crippen LogP contribution in [0.5, 0.6) is 11.5 Å². The summed E-state index contributed by atoms with van der Waals surface area (Å²) in [6.45, 7) is 0. The highest BCUT2D eigenvalue weighted by Crippen LogP contribution is 2.30. The second-order valence-corrected chi connectivity index (χ2v) is 3.53. The fraction of sp³-hybridized carbons (Fsp3) is 0.417. The molecule has 1 rings (SSSR count). The summed E-state index contributed by atoms with van der Waals surface area (Å²) in [7, 11) is 4.06. The SMILES string of the molecule is COC(=O)[C@H](O)[C@H](O)c1ccc(OC)c(OC)c1. The van der Waals surface area contributed by atoms with E-state index >= 15 is 0 Å². The second kappa shape index (κ2) is 6.23. The quantitative estimate of drug-likeness (QED) is 0.736. The van der Waals surface area contributed by atoms with E-state index in [9.17, 15) is 15.0 Å². The average molecular weight is 256 g/mol. The Morgan fingerprint density at radius 2 is 1.72 bits per heavy atom. The molecule has 2 atom stereocenters. The molecule has 0 aliphatic heterocycles. The van der Waals surface area contributed by atoms with Crippen molar-refractivity contribution in [1.29, 1.82) is 0 Å². The van der Waals surface area contributed by atoms with Gasteiger partial charge in [0.2, 0.25) is 0 Å². The number of hydrogen-bond acceptors (Lipinski definition) is 6. The normalized spacial score (nSPS) is 13.6. The number of ether oxygens (including phenoxy) is 3. The van der Waals surface area contributed by atoms with Gasteiger partial charge in [0.05, 0.1) is 21.3 Å². The van der Waals surface area contributed by atoms with Crippen LogP contribution in [0.2, 0.25) is 0 Å². The zero-order chi connectivity index (χ0) is 13.7. The van der Waals surface area contributed by atoms with Crippen LogP contribution in [0.3, 0.4) is 0 Å². The van der Waals surface area contributed by atoms with E-state index in [2.05, 4.69) is 4.74 Å². The maximum Gasteiger partial charge on any atom is 0.337 e. The number of aliphatic hydroxyl groups excluding tert-OH is 2. The molecule has 0 radical (unpaired) electrons. The smallest absolute Gasteiger partial charge is 0.337 e. The fourth-order valence-electron chi connectivity index (χ4n) is 1.47. The van der Waals surface area contributed by atoms with Gasteiger partial charge >= 0.3 is 5.97 Å². The molecule has 0 heterocycles. The van der Waals surface area contributed by atoms with E-state index in [1.165, 1.54) is 26.4 Å². The molecule has 1 aromatic rings. The van der Waals surface area contributed by atoms with Crippen molar-refractivity contribution in [3.05, 3.63) is 23.8 Å². The van der Waals surface area contributed by atoms with Crippen molar-refractivity contribution < 1.29 is 29.2 Å². The molecule has 0 saturated heterocycles. The lowest BCUT2D eigenvalue weighted by Gasteiger charge is -2.17. The highest BCUT2D eigenvalue weighted by molar-refractivity contribution is 5.75. The predicted molar refractivity (Wildman–Crippen MR) is 62.5 cm³/mol. The molecule has 0 aromatic heterocycles. The molecule has 0 spiro atoms. The summed E-state index contributed by atoms with van der Waals surface area (Å²) in [5.41, 5.74) is 0.325. The Morgan fingerprint density at radius 1 is 1.11 bits per heavy atom. The molecular formula is C12H16O6. The second-order valence-electron chi connectivity index (χ2n) is 3.53. The summed E-state index contributed by atoms with van der Waals surface area (Å²) < 4.78 is 14.5. The van der Waals surface area contributed by atoms with Crippen LogP contribution in [0.15, 0.2) is 18.2 Å². The lowest BCUT2D eigenvalue weighted by molar-refractivity contribution is -0.156. The summed E-state index contributed by atoms with van der Waals surface area (Å²) in [5.74, 6) is -0.0237. The number of hydrogen-bond donors (Lipinski definition) is 2. The van der Waals surface area contributed by atoms with Crippen LogP contribution in [-0.2, 0) is 9.53 Å². The molecule has 0 aliphatic carbocycles. The number of esters is 1. The molecule has 0 aliphatic rings. The maximum atomic E-state index is 11.1. The predicted octanol–water partition coefficient (Wildman–Crippen LogP) is 0.271.